The zero-order valence-electron chi connectivity index (χ0n) is 30.7. The fourth-order valence-corrected chi connectivity index (χ4v) is 8.50. The van der Waals surface area contributed by atoms with Gasteiger partial charge in [-0.1, -0.05) is 91.5 Å². The van der Waals surface area contributed by atoms with Gasteiger partial charge in [-0.3, -0.25) is 0 Å². The third-order valence-corrected chi connectivity index (χ3v) is 11.7. The minimum absolute atomic E-state index is 0.181. The van der Waals surface area contributed by atoms with Crippen molar-refractivity contribution >= 4 is 66.0 Å². The third kappa shape index (κ3) is 7.58. The second kappa shape index (κ2) is 16.2. The van der Waals surface area contributed by atoms with E-state index in [4.69, 9.17) is 0 Å². The second-order valence-corrected chi connectivity index (χ2v) is 16.0. The van der Waals surface area contributed by atoms with E-state index in [0.29, 0.717) is 0 Å². The maximum Gasteiger partial charge on any atom is 0.0465 e. The number of hydrogen-bond donors (Lipinski definition) is 0. The van der Waals surface area contributed by atoms with Crippen LogP contribution in [-0.2, 0) is 5.41 Å². The van der Waals surface area contributed by atoms with Gasteiger partial charge in [0, 0.05) is 48.5 Å². The first-order chi connectivity index (χ1) is 25.8. The first kappa shape index (κ1) is 36.7. The Hall–Kier alpha value is -4.64. The molecule has 53 heavy (non-hydrogen) atoms. The normalized spacial score (nSPS) is 12.5. The van der Waals surface area contributed by atoms with E-state index in [-0.39, 0.29) is 5.41 Å². The second-order valence-electron chi connectivity index (χ2n) is 14.2. The highest BCUT2D eigenvalue weighted by Gasteiger charge is 2.43. The highest BCUT2D eigenvalue weighted by atomic mass is 79.9. The summed E-state index contributed by atoms with van der Waals surface area (Å²) in [6.45, 7) is 12.5. The molecule has 0 heterocycles. The van der Waals surface area contributed by atoms with Crippen molar-refractivity contribution in [1.82, 2.24) is 0 Å². The van der Waals surface area contributed by atoms with E-state index in [1.807, 2.05) is 0 Å². The van der Waals surface area contributed by atoms with Crippen LogP contribution >= 0.6 is 31.9 Å². The highest BCUT2D eigenvalue weighted by molar-refractivity contribution is 9.10. The van der Waals surface area contributed by atoms with E-state index < -0.39 is 0 Å². The number of rotatable bonds is 14. The Morgan fingerprint density at radius 1 is 0.472 bits per heavy atom. The molecule has 0 saturated heterocycles. The first-order valence-corrected chi connectivity index (χ1v) is 20.2. The quantitative estimate of drug-likeness (QED) is 0.0798. The van der Waals surface area contributed by atoms with E-state index >= 15 is 0 Å². The smallest absolute Gasteiger partial charge is 0.0465 e. The van der Waals surface area contributed by atoms with Gasteiger partial charge in [0.05, 0.1) is 0 Å². The molecular formula is C49H46Br2N2. The van der Waals surface area contributed by atoms with Gasteiger partial charge >= 0.3 is 0 Å². The molecule has 0 aliphatic heterocycles. The number of hydrogen-bond acceptors (Lipinski definition) is 2. The maximum atomic E-state index is 4.11. The topological polar surface area (TPSA) is 6.48 Å². The van der Waals surface area contributed by atoms with Gasteiger partial charge in [-0.05, 0) is 172 Å². The standard InChI is InChI=1S/C49H46Br2N2/c1-5-7-9-31-49(32-10-8-6-2)47-33-43(52(39-19-11-35(3)12-20-39)41-23-15-37(50)16-24-41)27-29-45(47)46-30-28-44(34-48(46)49)53(40-21-13-36(4)14-22-40)42-25-17-38(51)18-26-42/h5-6,11-30,33-34H,1-2,7-10,31-32H2,3-4H3. The largest absolute Gasteiger partial charge is 0.310 e. The molecule has 266 valence electrons. The van der Waals surface area contributed by atoms with Crippen LogP contribution in [0.5, 0.6) is 0 Å². The van der Waals surface area contributed by atoms with Gasteiger partial charge in [-0.15, -0.1) is 13.2 Å². The lowest BCUT2D eigenvalue weighted by atomic mass is 9.70. The molecule has 0 radical (unpaired) electrons. The number of nitrogens with zero attached hydrogens (tertiary/aromatic N) is 2. The molecule has 0 spiro atoms. The predicted octanol–water partition coefficient (Wildman–Crippen LogP) is 15.7. The van der Waals surface area contributed by atoms with Crippen molar-refractivity contribution < 1.29 is 0 Å². The molecule has 6 aromatic rings. The van der Waals surface area contributed by atoms with E-state index in [0.717, 1.165) is 81.6 Å². The molecule has 0 atom stereocenters. The molecule has 0 bridgehead atoms. The molecule has 2 nitrogen and oxygen atoms in total. The Kier molecular flexibility index (Phi) is 11.2. The Bertz CT molecular complexity index is 1950. The highest BCUT2D eigenvalue weighted by Crippen LogP contribution is 2.57. The van der Waals surface area contributed by atoms with Gasteiger partial charge < -0.3 is 9.80 Å². The maximum absolute atomic E-state index is 4.11. The molecule has 4 heteroatoms. The summed E-state index contributed by atoms with van der Waals surface area (Å²) in [5.74, 6) is 0. The van der Waals surface area contributed by atoms with Crippen molar-refractivity contribution in [1.29, 1.82) is 0 Å². The molecule has 6 aromatic carbocycles. The molecular weight excluding hydrogens is 776 g/mol. The Balaban J connectivity index is 1.43. The zero-order valence-corrected chi connectivity index (χ0v) is 33.8. The number of allylic oxidation sites excluding steroid dienone is 2. The van der Waals surface area contributed by atoms with Crippen molar-refractivity contribution in [3.63, 3.8) is 0 Å². The van der Waals surface area contributed by atoms with Crippen molar-refractivity contribution in [2.75, 3.05) is 9.80 Å². The average Bonchev–Trinajstić information content (AvgIpc) is 3.43. The molecule has 7 rings (SSSR count). The summed E-state index contributed by atoms with van der Waals surface area (Å²) in [5, 5.41) is 0. The average molecular weight is 823 g/mol. The fraction of sp³-hybridized carbons (Fsp3) is 0.184. The molecule has 0 amide bonds. The van der Waals surface area contributed by atoms with Crippen LogP contribution in [0.4, 0.5) is 34.1 Å². The van der Waals surface area contributed by atoms with E-state index in [1.54, 1.807) is 0 Å². The monoisotopic (exact) mass is 820 g/mol. The molecule has 0 aromatic heterocycles. The molecule has 0 saturated carbocycles. The van der Waals surface area contributed by atoms with Crippen LogP contribution in [0.3, 0.4) is 0 Å². The Labute approximate surface area is 332 Å². The number of halogens is 2. The lowest BCUT2D eigenvalue weighted by molar-refractivity contribution is 0.422. The number of fused-ring (bicyclic) bond motifs is 3. The number of unbranched alkanes of at least 4 members (excludes halogenated alkanes) is 2. The molecule has 1 aliphatic carbocycles. The predicted molar refractivity (Wildman–Crippen MR) is 235 cm³/mol. The van der Waals surface area contributed by atoms with Crippen molar-refractivity contribution in [2.24, 2.45) is 0 Å². The van der Waals surface area contributed by atoms with Crippen LogP contribution in [0.25, 0.3) is 11.1 Å². The summed E-state index contributed by atoms with van der Waals surface area (Å²) >= 11 is 7.32. The van der Waals surface area contributed by atoms with Crippen LogP contribution in [0, 0.1) is 13.8 Å². The fourth-order valence-electron chi connectivity index (χ4n) is 7.97. The van der Waals surface area contributed by atoms with Gasteiger partial charge in [0.15, 0.2) is 0 Å². The number of aryl methyl sites for hydroxylation is 2. The third-order valence-electron chi connectivity index (χ3n) is 10.6. The van der Waals surface area contributed by atoms with Gasteiger partial charge in [0.1, 0.15) is 0 Å². The van der Waals surface area contributed by atoms with Crippen molar-refractivity contribution in [2.45, 2.75) is 57.8 Å². The lowest BCUT2D eigenvalue weighted by Crippen LogP contribution is -2.26. The summed E-state index contributed by atoms with van der Waals surface area (Å²) in [4.78, 5) is 4.79. The van der Waals surface area contributed by atoms with Gasteiger partial charge in [-0.2, -0.15) is 0 Å². The molecule has 0 N–H and O–H groups in total. The lowest BCUT2D eigenvalue weighted by Gasteiger charge is -2.35. The molecule has 1 aliphatic rings. The van der Waals surface area contributed by atoms with Gasteiger partial charge in [-0.25, -0.2) is 0 Å². The minimum atomic E-state index is -0.181. The van der Waals surface area contributed by atoms with Gasteiger partial charge in [0.2, 0.25) is 0 Å². The number of benzene rings is 6. The summed E-state index contributed by atoms with van der Waals surface area (Å²) in [6.07, 6.45) is 10.3. The summed E-state index contributed by atoms with van der Waals surface area (Å²) < 4.78 is 2.13. The first-order valence-electron chi connectivity index (χ1n) is 18.6. The van der Waals surface area contributed by atoms with E-state index in [9.17, 15) is 0 Å². The van der Waals surface area contributed by atoms with Crippen LogP contribution in [0.1, 0.15) is 60.8 Å². The SMILES string of the molecule is C=CCCCC1(CCCC=C)c2cc(N(c3ccc(C)cc3)c3ccc(Br)cc3)ccc2-c2ccc(N(c3ccc(C)cc3)c3ccc(Br)cc3)cc21. The van der Waals surface area contributed by atoms with Crippen molar-refractivity contribution in [3.05, 3.63) is 190 Å². The van der Waals surface area contributed by atoms with Gasteiger partial charge in [0.25, 0.3) is 0 Å². The molecule has 0 fully saturated rings. The van der Waals surface area contributed by atoms with Crippen molar-refractivity contribution in [3.8, 4) is 11.1 Å². The van der Waals surface area contributed by atoms with Crippen LogP contribution in [-0.4, -0.2) is 0 Å². The summed E-state index contributed by atoms with van der Waals surface area (Å²) in [5.41, 5.74) is 14.7. The van der Waals surface area contributed by atoms with E-state index in [2.05, 4.69) is 214 Å². The Morgan fingerprint density at radius 3 is 1.13 bits per heavy atom. The van der Waals surface area contributed by atoms with E-state index in [1.165, 1.54) is 33.4 Å². The zero-order chi connectivity index (χ0) is 37.0. The summed E-state index contributed by atoms with van der Waals surface area (Å²) in [7, 11) is 0. The Morgan fingerprint density at radius 2 is 0.792 bits per heavy atom. The summed E-state index contributed by atoms with van der Waals surface area (Å²) in [6, 6.07) is 49.4. The minimum Gasteiger partial charge on any atom is -0.310 e. The molecule has 0 unspecified atom stereocenters. The van der Waals surface area contributed by atoms with Crippen LogP contribution in [0.15, 0.2) is 168 Å². The number of anilines is 6. The van der Waals surface area contributed by atoms with Crippen LogP contribution < -0.4 is 9.80 Å². The van der Waals surface area contributed by atoms with Crippen LogP contribution in [0.2, 0.25) is 0 Å².